The van der Waals surface area contributed by atoms with Crippen LogP contribution in [0.5, 0.6) is 0 Å². The Kier molecular flexibility index (Phi) is 2.02. The molecule has 0 spiro atoms. The minimum absolute atomic E-state index is 0.121. The summed E-state index contributed by atoms with van der Waals surface area (Å²) in [5.74, 6) is 0.621. The normalized spacial score (nSPS) is 24.9. The Bertz CT molecular complexity index is 114. The van der Waals surface area contributed by atoms with E-state index in [4.69, 9.17) is 5.73 Å². The highest BCUT2D eigenvalue weighted by atomic mass is 15.2. The van der Waals surface area contributed by atoms with E-state index in [1.165, 1.54) is 0 Å². The predicted molar refractivity (Wildman–Crippen MR) is 43.9 cm³/mol. The third-order valence-corrected chi connectivity index (χ3v) is 2.63. The highest BCUT2D eigenvalue weighted by Gasteiger charge is 2.40. The summed E-state index contributed by atoms with van der Waals surface area (Å²) in [4.78, 5) is 2.38. The van der Waals surface area contributed by atoms with E-state index in [-0.39, 0.29) is 5.54 Å². The first kappa shape index (κ1) is 8.02. The summed E-state index contributed by atoms with van der Waals surface area (Å²) in [6.45, 7) is 9.90. The Morgan fingerprint density at radius 1 is 1.50 bits per heavy atom. The molecule has 0 atom stereocenters. The molecule has 0 aromatic rings. The van der Waals surface area contributed by atoms with Gasteiger partial charge in [-0.2, -0.15) is 0 Å². The van der Waals surface area contributed by atoms with E-state index in [9.17, 15) is 0 Å². The lowest BCUT2D eigenvalue weighted by Crippen LogP contribution is -2.69. The van der Waals surface area contributed by atoms with Crippen molar-refractivity contribution in [2.24, 2.45) is 11.7 Å². The molecule has 60 valence electrons. The molecule has 0 aromatic heterocycles. The maximum absolute atomic E-state index is 6.07. The Labute approximate surface area is 63.4 Å². The van der Waals surface area contributed by atoms with Crippen molar-refractivity contribution in [3.63, 3.8) is 0 Å². The first-order chi connectivity index (χ1) is 4.58. The molecule has 1 heterocycles. The molecule has 0 radical (unpaired) electrons. The van der Waals surface area contributed by atoms with E-state index in [2.05, 4.69) is 25.7 Å². The van der Waals surface area contributed by atoms with E-state index in [0.29, 0.717) is 5.92 Å². The molecule has 10 heavy (non-hydrogen) atoms. The SMILES string of the molecule is CCN1CC(N)(C(C)C)C1. The van der Waals surface area contributed by atoms with E-state index < -0.39 is 0 Å². The summed E-state index contributed by atoms with van der Waals surface area (Å²) >= 11 is 0. The standard InChI is InChI=1S/C8H18N2/c1-4-10-5-8(9,6-10)7(2)3/h7H,4-6,9H2,1-3H3. The maximum Gasteiger partial charge on any atom is 0.0435 e. The minimum Gasteiger partial charge on any atom is -0.323 e. The molecule has 1 rings (SSSR count). The zero-order chi connectivity index (χ0) is 7.78. The molecule has 1 fully saturated rings. The third kappa shape index (κ3) is 1.18. The Morgan fingerprint density at radius 3 is 2.30 bits per heavy atom. The lowest BCUT2D eigenvalue weighted by atomic mass is 9.80. The van der Waals surface area contributed by atoms with Crippen molar-refractivity contribution in [3.8, 4) is 0 Å². The van der Waals surface area contributed by atoms with Crippen LogP contribution in [0.15, 0.2) is 0 Å². The Balaban J connectivity index is 2.34. The quantitative estimate of drug-likeness (QED) is 0.614. The average molecular weight is 142 g/mol. The van der Waals surface area contributed by atoms with Gasteiger partial charge in [0.1, 0.15) is 0 Å². The second-order valence-electron chi connectivity index (χ2n) is 3.69. The van der Waals surface area contributed by atoms with Crippen LogP contribution in [-0.2, 0) is 0 Å². The van der Waals surface area contributed by atoms with Crippen molar-refractivity contribution in [1.29, 1.82) is 0 Å². The van der Waals surface area contributed by atoms with Gasteiger partial charge in [0.05, 0.1) is 0 Å². The number of nitrogens with two attached hydrogens (primary N) is 1. The predicted octanol–water partition coefficient (Wildman–Crippen LogP) is 0.675. The van der Waals surface area contributed by atoms with Crippen LogP contribution in [0.3, 0.4) is 0 Å². The van der Waals surface area contributed by atoms with Crippen molar-refractivity contribution in [2.75, 3.05) is 19.6 Å². The number of hydrogen-bond acceptors (Lipinski definition) is 2. The van der Waals surface area contributed by atoms with Crippen LogP contribution in [0.2, 0.25) is 0 Å². The number of hydrogen-bond donors (Lipinski definition) is 1. The molecule has 2 nitrogen and oxygen atoms in total. The van der Waals surface area contributed by atoms with Crippen molar-refractivity contribution >= 4 is 0 Å². The fourth-order valence-electron chi connectivity index (χ4n) is 1.38. The molecule has 0 amide bonds. The fraction of sp³-hybridized carbons (Fsp3) is 1.00. The van der Waals surface area contributed by atoms with Gasteiger partial charge in [-0.3, -0.25) is 4.90 Å². The summed E-state index contributed by atoms with van der Waals surface area (Å²) < 4.78 is 0. The summed E-state index contributed by atoms with van der Waals surface area (Å²) in [5, 5.41) is 0. The molecule has 0 bridgehead atoms. The maximum atomic E-state index is 6.07. The second-order valence-corrected chi connectivity index (χ2v) is 3.69. The highest BCUT2D eigenvalue weighted by Crippen LogP contribution is 2.25. The van der Waals surface area contributed by atoms with Crippen LogP contribution in [0.25, 0.3) is 0 Å². The van der Waals surface area contributed by atoms with Gasteiger partial charge in [0.15, 0.2) is 0 Å². The second kappa shape index (κ2) is 2.51. The van der Waals surface area contributed by atoms with Gasteiger partial charge in [-0.25, -0.2) is 0 Å². The van der Waals surface area contributed by atoms with Gasteiger partial charge in [-0.05, 0) is 12.5 Å². The molecule has 1 aliphatic rings. The van der Waals surface area contributed by atoms with Crippen LogP contribution in [0.1, 0.15) is 20.8 Å². The van der Waals surface area contributed by atoms with Crippen molar-refractivity contribution in [2.45, 2.75) is 26.3 Å². The van der Waals surface area contributed by atoms with Crippen LogP contribution in [-0.4, -0.2) is 30.1 Å². The molecule has 0 unspecified atom stereocenters. The van der Waals surface area contributed by atoms with E-state index in [0.717, 1.165) is 19.6 Å². The Hall–Kier alpha value is -0.0800. The average Bonchev–Trinajstić information content (AvgIpc) is 1.80. The van der Waals surface area contributed by atoms with E-state index >= 15 is 0 Å². The third-order valence-electron chi connectivity index (χ3n) is 2.63. The fourth-order valence-corrected chi connectivity index (χ4v) is 1.38. The molecule has 1 aliphatic heterocycles. The first-order valence-electron chi connectivity index (χ1n) is 4.09. The summed E-state index contributed by atoms with van der Waals surface area (Å²) in [7, 11) is 0. The van der Waals surface area contributed by atoms with Crippen LogP contribution in [0.4, 0.5) is 0 Å². The molecular formula is C8H18N2. The van der Waals surface area contributed by atoms with Crippen molar-refractivity contribution in [1.82, 2.24) is 4.90 Å². The number of likely N-dealkylation sites (tertiary alicyclic amines) is 1. The molecule has 0 aromatic carbocycles. The zero-order valence-corrected chi connectivity index (χ0v) is 7.22. The van der Waals surface area contributed by atoms with Gasteiger partial charge in [-0.1, -0.05) is 20.8 Å². The lowest BCUT2D eigenvalue weighted by molar-refractivity contribution is 0.0427. The summed E-state index contributed by atoms with van der Waals surface area (Å²) in [5.41, 5.74) is 6.19. The number of likely N-dealkylation sites (N-methyl/N-ethyl adjacent to an activating group) is 1. The first-order valence-corrected chi connectivity index (χ1v) is 4.09. The van der Waals surface area contributed by atoms with Crippen molar-refractivity contribution < 1.29 is 0 Å². The van der Waals surface area contributed by atoms with E-state index in [1.807, 2.05) is 0 Å². The summed E-state index contributed by atoms with van der Waals surface area (Å²) in [6.07, 6.45) is 0. The van der Waals surface area contributed by atoms with Gasteiger partial charge in [0.25, 0.3) is 0 Å². The van der Waals surface area contributed by atoms with E-state index in [1.54, 1.807) is 0 Å². The van der Waals surface area contributed by atoms with Gasteiger partial charge < -0.3 is 5.73 Å². The lowest BCUT2D eigenvalue weighted by Gasteiger charge is -2.50. The van der Waals surface area contributed by atoms with Gasteiger partial charge in [-0.15, -0.1) is 0 Å². The van der Waals surface area contributed by atoms with Crippen molar-refractivity contribution in [3.05, 3.63) is 0 Å². The molecule has 2 heteroatoms. The Morgan fingerprint density at radius 2 is 2.00 bits per heavy atom. The monoisotopic (exact) mass is 142 g/mol. The topological polar surface area (TPSA) is 29.3 Å². The molecular weight excluding hydrogens is 124 g/mol. The van der Waals surface area contributed by atoms with Gasteiger partial charge in [0, 0.05) is 18.6 Å². The van der Waals surface area contributed by atoms with Crippen LogP contribution < -0.4 is 5.73 Å². The highest BCUT2D eigenvalue weighted by molar-refractivity contribution is 5.01. The smallest absolute Gasteiger partial charge is 0.0435 e. The molecule has 1 saturated heterocycles. The molecule has 0 aliphatic carbocycles. The minimum atomic E-state index is 0.121. The molecule has 0 saturated carbocycles. The number of nitrogens with zero attached hydrogens (tertiary/aromatic N) is 1. The largest absolute Gasteiger partial charge is 0.323 e. The summed E-state index contributed by atoms with van der Waals surface area (Å²) in [6, 6.07) is 0. The van der Waals surface area contributed by atoms with Gasteiger partial charge >= 0.3 is 0 Å². The van der Waals surface area contributed by atoms with Crippen LogP contribution >= 0.6 is 0 Å². The molecule has 2 N–H and O–H groups in total. The number of rotatable bonds is 2. The zero-order valence-electron chi connectivity index (χ0n) is 7.22. The van der Waals surface area contributed by atoms with Crippen LogP contribution in [0, 0.1) is 5.92 Å². The van der Waals surface area contributed by atoms with Gasteiger partial charge in [0.2, 0.25) is 0 Å².